The molecule has 1 unspecified atom stereocenters. The Balaban J connectivity index is 0.00000242. The molecule has 1 atom stereocenters. The molecule has 1 heterocycles. The van der Waals surface area contributed by atoms with Gasteiger partial charge in [0, 0.05) is 39.6 Å². The standard InChI is InChI=1S/C15H22N4O2.ClH/c1-11(10-16)17(2)14(20)8-9-19-13-7-5-4-6-12(13)18(3)15(19)21;/h4-7,11H,8-10,16H2,1-3H3;1H. The van der Waals surface area contributed by atoms with E-state index in [0.29, 0.717) is 13.1 Å². The summed E-state index contributed by atoms with van der Waals surface area (Å²) < 4.78 is 3.25. The molecule has 0 fully saturated rings. The van der Waals surface area contributed by atoms with Crippen LogP contribution < -0.4 is 11.4 Å². The van der Waals surface area contributed by atoms with E-state index in [-0.39, 0.29) is 36.5 Å². The van der Waals surface area contributed by atoms with Gasteiger partial charge in [0.25, 0.3) is 0 Å². The van der Waals surface area contributed by atoms with Gasteiger partial charge >= 0.3 is 5.69 Å². The first-order valence-corrected chi connectivity index (χ1v) is 7.07. The lowest BCUT2D eigenvalue weighted by Crippen LogP contribution is -2.40. The number of hydrogen-bond acceptors (Lipinski definition) is 3. The van der Waals surface area contributed by atoms with Crippen molar-refractivity contribution in [2.45, 2.75) is 25.9 Å². The largest absolute Gasteiger partial charge is 0.342 e. The molecule has 2 rings (SSSR count). The fourth-order valence-electron chi connectivity index (χ4n) is 2.37. The highest BCUT2D eigenvalue weighted by Gasteiger charge is 2.16. The highest BCUT2D eigenvalue weighted by molar-refractivity contribution is 5.85. The minimum Gasteiger partial charge on any atom is -0.342 e. The van der Waals surface area contributed by atoms with Crippen LogP contribution in [0.2, 0.25) is 0 Å². The van der Waals surface area contributed by atoms with Crippen LogP contribution in [0.4, 0.5) is 0 Å². The fourth-order valence-corrected chi connectivity index (χ4v) is 2.37. The van der Waals surface area contributed by atoms with E-state index >= 15 is 0 Å². The van der Waals surface area contributed by atoms with Crippen molar-refractivity contribution in [2.75, 3.05) is 13.6 Å². The summed E-state index contributed by atoms with van der Waals surface area (Å²) in [6.07, 6.45) is 0.286. The molecule has 0 aliphatic heterocycles. The Morgan fingerprint density at radius 3 is 2.50 bits per heavy atom. The van der Waals surface area contributed by atoms with Crippen molar-refractivity contribution in [2.24, 2.45) is 12.8 Å². The van der Waals surface area contributed by atoms with E-state index < -0.39 is 0 Å². The van der Waals surface area contributed by atoms with Crippen molar-refractivity contribution >= 4 is 29.3 Å². The fraction of sp³-hybridized carbons (Fsp3) is 0.467. The van der Waals surface area contributed by atoms with Gasteiger partial charge in [-0.2, -0.15) is 0 Å². The first-order chi connectivity index (χ1) is 9.97. The number of aromatic nitrogens is 2. The summed E-state index contributed by atoms with van der Waals surface area (Å²) in [7, 11) is 3.48. The minimum atomic E-state index is -0.0986. The van der Waals surface area contributed by atoms with Crippen LogP contribution in [0.5, 0.6) is 0 Å². The minimum absolute atomic E-state index is 0. The molecular formula is C15H23ClN4O2. The molecule has 6 nitrogen and oxygen atoms in total. The lowest BCUT2D eigenvalue weighted by Gasteiger charge is -2.23. The van der Waals surface area contributed by atoms with Gasteiger partial charge in [-0.15, -0.1) is 12.4 Å². The number of fused-ring (bicyclic) bond motifs is 1. The Kier molecular flexibility index (Phi) is 6.20. The predicted molar refractivity (Wildman–Crippen MR) is 90.3 cm³/mol. The number of benzene rings is 1. The smallest absolute Gasteiger partial charge is 0.328 e. The third-order valence-electron chi connectivity index (χ3n) is 4.00. The van der Waals surface area contributed by atoms with Crippen molar-refractivity contribution in [3.8, 4) is 0 Å². The number of nitrogens with two attached hydrogens (primary N) is 1. The average molecular weight is 327 g/mol. The first kappa shape index (κ1) is 18.3. The number of halogens is 1. The van der Waals surface area contributed by atoms with Gasteiger partial charge in [0.15, 0.2) is 0 Å². The van der Waals surface area contributed by atoms with Gasteiger partial charge in [0.05, 0.1) is 11.0 Å². The monoisotopic (exact) mass is 326 g/mol. The van der Waals surface area contributed by atoms with Crippen LogP contribution in [-0.4, -0.2) is 39.6 Å². The van der Waals surface area contributed by atoms with E-state index in [1.165, 1.54) is 0 Å². The lowest BCUT2D eigenvalue weighted by atomic mass is 10.2. The van der Waals surface area contributed by atoms with Crippen LogP contribution in [0, 0.1) is 0 Å². The zero-order chi connectivity index (χ0) is 15.6. The van der Waals surface area contributed by atoms with Crippen LogP contribution in [0.3, 0.4) is 0 Å². The Hall–Kier alpha value is -1.79. The third kappa shape index (κ3) is 3.34. The van der Waals surface area contributed by atoms with E-state index in [9.17, 15) is 9.59 Å². The van der Waals surface area contributed by atoms with Crippen molar-refractivity contribution in [1.29, 1.82) is 0 Å². The van der Waals surface area contributed by atoms with Gasteiger partial charge in [-0.3, -0.25) is 13.9 Å². The van der Waals surface area contributed by atoms with Crippen LogP contribution in [0.25, 0.3) is 11.0 Å². The molecule has 0 saturated carbocycles. The summed E-state index contributed by atoms with van der Waals surface area (Å²) in [6.45, 7) is 2.71. The van der Waals surface area contributed by atoms with Gasteiger partial charge in [0.2, 0.25) is 5.91 Å². The van der Waals surface area contributed by atoms with E-state index in [1.54, 1.807) is 28.1 Å². The van der Waals surface area contributed by atoms with Crippen molar-refractivity contribution < 1.29 is 4.79 Å². The Morgan fingerprint density at radius 1 is 1.32 bits per heavy atom. The molecule has 0 aliphatic carbocycles. The SMILES string of the molecule is CC(CN)N(C)C(=O)CCn1c(=O)n(C)c2ccccc21.Cl. The molecule has 1 amide bonds. The Morgan fingerprint density at radius 2 is 1.91 bits per heavy atom. The maximum atomic E-state index is 12.2. The topological polar surface area (TPSA) is 73.3 Å². The van der Waals surface area contributed by atoms with E-state index in [0.717, 1.165) is 11.0 Å². The quantitative estimate of drug-likeness (QED) is 0.889. The molecule has 122 valence electrons. The van der Waals surface area contributed by atoms with Gasteiger partial charge in [-0.05, 0) is 19.1 Å². The number of likely N-dealkylation sites (N-methyl/N-ethyl adjacent to an activating group) is 1. The molecular weight excluding hydrogens is 304 g/mol. The zero-order valence-corrected chi connectivity index (χ0v) is 14.0. The number of carbonyl (C=O) groups is 1. The Labute approximate surface area is 135 Å². The van der Waals surface area contributed by atoms with Crippen molar-refractivity contribution in [3.63, 3.8) is 0 Å². The molecule has 0 saturated heterocycles. The van der Waals surface area contributed by atoms with Crippen LogP contribution >= 0.6 is 12.4 Å². The number of imidazole rings is 1. The normalized spacial score (nSPS) is 12.0. The second-order valence-electron chi connectivity index (χ2n) is 5.32. The predicted octanol–water partition coefficient (Wildman–Crippen LogP) is 0.958. The molecule has 0 spiro atoms. The summed E-state index contributed by atoms with van der Waals surface area (Å²) >= 11 is 0. The lowest BCUT2D eigenvalue weighted by molar-refractivity contribution is -0.131. The number of rotatable bonds is 5. The zero-order valence-electron chi connectivity index (χ0n) is 13.2. The molecule has 0 aliphatic rings. The van der Waals surface area contributed by atoms with E-state index in [4.69, 9.17) is 5.73 Å². The first-order valence-electron chi connectivity index (χ1n) is 7.07. The van der Waals surface area contributed by atoms with Crippen molar-refractivity contribution in [1.82, 2.24) is 14.0 Å². The van der Waals surface area contributed by atoms with Crippen LogP contribution in [0.15, 0.2) is 29.1 Å². The number of nitrogens with zero attached hydrogens (tertiary/aromatic N) is 3. The maximum absolute atomic E-state index is 12.2. The summed E-state index contributed by atoms with van der Waals surface area (Å²) in [4.78, 5) is 26.0. The number of carbonyl (C=O) groups excluding carboxylic acids is 1. The third-order valence-corrected chi connectivity index (χ3v) is 4.00. The van der Waals surface area contributed by atoms with Crippen LogP contribution in [-0.2, 0) is 18.4 Å². The van der Waals surface area contributed by atoms with Gasteiger partial charge in [-0.25, -0.2) is 4.79 Å². The molecule has 0 bridgehead atoms. The van der Waals surface area contributed by atoms with Crippen molar-refractivity contribution in [3.05, 3.63) is 34.7 Å². The number of hydrogen-bond donors (Lipinski definition) is 1. The number of amides is 1. The molecule has 22 heavy (non-hydrogen) atoms. The average Bonchev–Trinajstić information content (AvgIpc) is 2.75. The molecule has 7 heteroatoms. The summed E-state index contributed by atoms with van der Waals surface area (Å²) in [5, 5.41) is 0. The van der Waals surface area contributed by atoms with E-state index in [2.05, 4.69) is 0 Å². The second kappa shape index (κ2) is 7.47. The van der Waals surface area contributed by atoms with Gasteiger partial charge < -0.3 is 10.6 Å². The molecule has 2 aromatic rings. The van der Waals surface area contributed by atoms with E-state index in [1.807, 2.05) is 31.2 Å². The van der Waals surface area contributed by atoms with Gasteiger partial charge in [0.1, 0.15) is 0 Å². The highest BCUT2D eigenvalue weighted by Crippen LogP contribution is 2.12. The highest BCUT2D eigenvalue weighted by atomic mass is 35.5. The molecule has 2 N–H and O–H groups in total. The van der Waals surface area contributed by atoms with Gasteiger partial charge in [-0.1, -0.05) is 12.1 Å². The molecule has 1 aromatic carbocycles. The number of aryl methyl sites for hydroxylation is 2. The summed E-state index contributed by atoms with van der Waals surface area (Å²) in [5.41, 5.74) is 7.20. The summed E-state index contributed by atoms with van der Waals surface area (Å²) in [6, 6.07) is 7.59. The Bertz CT molecular complexity index is 707. The summed E-state index contributed by atoms with van der Waals surface area (Å²) in [5.74, 6) is -0.00668. The number of para-hydroxylation sites is 2. The molecule has 0 radical (unpaired) electrons. The molecule has 1 aromatic heterocycles. The second-order valence-corrected chi connectivity index (χ2v) is 5.32. The van der Waals surface area contributed by atoms with Crippen LogP contribution in [0.1, 0.15) is 13.3 Å². The maximum Gasteiger partial charge on any atom is 0.328 e.